The van der Waals surface area contributed by atoms with E-state index >= 15 is 0 Å². The predicted molar refractivity (Wildman–Crippen MR) is 138 cm³/mol. The highest BCUT2D eigenvalue weighted by molar-refractivity contribution is 5.72. The SMILES string of the molecule is CCC12CC[C@]1(CC(C)C(=O)OCc1ccccc1)[n+]1cnc(C(C)(C)C)cc1-c1ccccc12. The molecule has 1 aliphatic heterocycles. The molecule has 3 atom stereocenters. The number of fused-ring (bicyclic) bond motifs is 6. The van der Waals surface area contributed by atoms with Crippen LogP contribution in [0.3, 0.4) is 0 Å². The largest absolute Gasteiger partial charge is 0.461 e. The summed E-state index contributed by atoms with van der Waals surface area (Å²) in [6.45, 7) is 11.3. The Morgan fingerprint density at radius 3 is 2.46 bits per heavy atom. The molecule has 1 fully saturated rings. The summed E-state index contributed by atoms with van der Waals surface area (Å²) in [4.78, 5) is 18.1. The van der Waals surface area contributed by atoms with Gasteiger partial charge in [0, 0.05) is 28.9 Å². The second-order valence-corrected chi connectivity index (χ2v) is 11.5. The zero-order chi connectivity index (χ0) is 24.8. The van der Waals surface area contributed by atoms with Crippen molar-refractivity contribution in [2.75, 3.05) is 0 Å². The number of hydrogen-bond acceptors (Lipinski definition) is 3. The Kier molecular flexibility index (Phi) is 5.82. The normalized spacial score (nSPS) is 23.3. The average Bonchev–Trinajstić information content (AvgIpc) is 2.85. The van der Waals surface area contributed by atoms with Crippen molar-refractivity contribution >= 4 is 5.97 Å². The third-order valence-corrected chi connectivity index (χ3v) is 8.52. The van der Waals surface area contributed by atoms with Crippen LogP contribution in [0.2, 0.25) is 0 Å². The standard InChI is InChI=1S/C31H37N2O2/c1-6-30-16-17-31(30,19-22(2)28(34)35-20-23-12-8-7-9-13-23)33-21-32-27(29(3,4)5)18-26(33)24-14-10-11-15-25(24)30/h7-15,18,21-22H,6,16-17,19-20H2,1-5H3/q+1/t22?,30?,31-/m1/s1. The third kappa shape index (κ3) is 3.69. The number of rotatable bonds is 6. The Hall–Kier alpha value is -3.01. The Labute approximate surface area is 209 Å². The van der Waals surface area contributed by atoms with Crippen molar-refractivity contribution in [3.05, 3.63) is 83.8 Å². The fourth-order valence-corrected chi connectivity index (χ4v) is 6.51. The van der Waals surface area contributed by atoms with Crippen molar-refractivity contribution in [3.8, 4) is 11.3 Å². The average molecular weight is 470 g/mol. The number of esters is 1. The van der Waals surface area contributed by atoms with Crippen LogP contribution in [0.5, 0.6) is 0 Å². The van der Waals surface area contributed by atoms with Gasteiger partial charge in [-0.2, -0.15) is 0 Å². The molecule has 0 spiro atoms. The predicted octanol–water partition coefficient (Wildman–Crippen LogP) is 6.25. The maximum atomic E-state index is 13.2. The van der Waals surface area contributed by atoms with Crippen LogP contribution < -0.4 is 4.57 Å². The summed E-state index contributed by atoms with van der Waals surface area (Å²) in [6.07, 6.45) is 6.00. The molecule has 1 saturated carbocycles. The van der Waals surface area contributed by atoms with Gasteiger partial charge in [0.05, 0.1) is 5.92 Å². The highest BCUT2D eigenvalue weighted by Gasteiger charge is 2.66. The Morgan fingerprint density at radius 1 is 1.09 bits per heavy atom. The second-order valence-electron chi connectivity index (χ2n) is 11.5. The van der Waals surface area contributed by atoms with E-state index in [-0.39, 0.29) is 28.3 Å². The molecule has 0 saturated heterocycles. The number of carbonyl (C=O) groups excluding carboxylic acids is 1. The van der Waals surface area contributed by atoms with Crippen molar-refractivity contribution in [2.24, 2.45) is 5.92 Å². The smallest absolute Gasteiger partial charge is 0.309 e. The van der Waals surface area contributed by atoms with Crippen molar-refractivity contribution in [3.63, 3.8) is 0 Å². The van der Waals surface area contributed by atoms with E-state index in [0.29, 0.717) is 6.61 Å². The van der Waals surface area contributed by atoms with E-state index in [2.05, 4.69) is 68.9 Å². The van der Waals surface area contributed by atoms with Gasteiger partial charge in [-0.25, -0.2) is 4.57 Å². The number of aromatic nitrogens is 2. The number of benzene rings is 2. The Morgan fingerprint density at radius 2 is 1.80 bits per heavy atom. The molecule has 0 bridgehead atoms. The summed E-state index contributed by atoms with van der Waals surface area (Å²) in [5, 5.41) is 0. The maximum Gasteiger partial charge on any atom is 0.309 e. The van der Waals surface area contributed by atoms with Crippen molar-refractivity contribution in [1.29, 1.82) is 0 Å². The fraction of sp³-hybridized carbons (Fsp3) is 0.452. The van der Waals surface area contributed by atoms with Crippen LogP contribution in [0.25, 0.3) is 11.3 Å². The Balaban J connectivity index is 1.53. The molecule has 0 radical (unpaired) electrons. The topological polar surface area (TPSA) is 43.1 Å². The molecule has 2 aliphatic rings. The molecule has 3 aromatic rings. The first-order valence-corrected chi connectivity index (χ1v) is 12.9. The number of ether oxygens (including phenoxy) is 1. The highest BCUT2D eigenvalue weighted by atomic mass is 16.5. The van der Waals surface area contributed by atoms with Gasteiger partial charge in [0.25, 0.3) is 6.33 Å². The van der Waals surface area contributed by atoms with Gasteiger partial charge < -0.3 is 4.74 Å². The van der Waals surface area contributed by atoms with Crippen LogP contribution in [0.15, 0.2) is 67.0 Å². The summed E-state index contributed by atoms with van der Waals surface area (Å²) in [5.74, 6) is -0.335. The van der Waals surface area contributed by atoms with Crippen molar-refractivity contribution < 1.29 is 14.1 Å². The number of hydrogen-bond donors (Lipinski definition) is 0. The van der Waals surface area contributed by atoms with Crippen LogP contribution in [0, 0.1) is 5.92 Å². The molecule has 4 nitrogen and oxygen atoms in total. The molecule has 35 heavy (non-hydrogen) atoms. The lowest BCUT2D eigenvalue weighted by molar-refractivity contribution is -0.787. The van der Waals surface area contributed by atoms with Gasteiger partial charge in [0.2, 0.25) is 0 Å². The van der Waals surface area contributed by atoms with E-state index < -0.39 is 0 Å². The van der Waals surface area contributed by atoms with Crippen LogP contribution in [-0.4, -0.2) is 11.0 Å². The van der Waals surface area contributed by atoms with E-state index in [9.17, 15) is 4.79 Å². The van der Waals surface area contributed by atoms with Crippen molar-refractivity contribution in [1.82, 2.24) is 4.98 Å². The van der Waals surface area contributed by atoms with Gasteiger partial charge in [-0.15, -0.1) is 0 Å². The molecular weight excluding hydrogens is 432 g/mol. The monoisotopic (exact) mass is 469 g/mol. The van der Waals surface area contributed by atoms with Gasteiger partial charge in [-0.1, -0.05) is 94.2 Å². The molecule has 182 valence electrons. The van der Waals surface area contributed by atoms with Gasteiger partial charge in [0.15, 0.2) is 5.69 Å². The quantitative estimate of drug-likeness (QED) is 0.316. The summed E-state index contributed by atoms with van der Waals surface area (Å²) in [5.41, 5.74) is 5.83. The summed E-state index contributed by atoms with van der Waals surface area (Å²) >= 11 is 0. The molecule has 5 rings (SSSR count). The third-order valence-electron chi connectivity index (χ3n) is 8.52. The molecule has 0 N–H and O–H groups in total. The van der Waals surface area contributed by atoms with E-state index in [1.54, 1.807) is 0 Å². The van der Waals surface area contributed by atoms with Crippen LogP contribution in [-0.2, 0) is 32.5 Å². The maximum absolute atomic E-state index is 13.2. The Bertz CT molecular complexity index is 1240. The van der Waals surface area contributed by atoms with Gasteiger partial charge in [0.1, 0.15) is 17.8 Å². The molecule has 2 aromatic carbocycles. The minimum atomic E-state index is -0.210. The van der Waals surface area contributed by atoms with Gasteiger partial charge >= 0.3 is 5.97 Å². The van der Waals surface area contributed by atoms with E-state index in [1.807, 2.05) is 37.3 Å². The summed E-state index contributed by atoms with van der Waals surface area (Å²) in [7, 11) is 0. The fourth-order valence-electron chi connectivity index (χ4n) is 6.51. The van der Waals surface area contributed by atoms with Crippen molar-refractivity contribution in [2.45, 2.75) is 83.3 Å². The molecule has 4 heteroatoms. The number of carbonyl (C=O) groups is 1. The minimum Gasteiger partial charge on any atom is -0.461 e. The lowest BCUT2D eigenvalue weighted by atomic mass is 9.46. The zero-order valence-corrected chi connectivity index (χ0v) is 21.7. The first-order chi connectivity index (χ1) is 16.7. The van der Waals surface area contributed by atoms with Crippen LogP contribution >= 0.6 is 0 Å². The summed E-state index contributed by atoms with van der Waals surface area (Å²) in [6, 6.07) is 21.1. The zero-order valence-electron chi connectivity index (χ0n) is 21.7. The molecule has 2 heterocycles. The van der Waals surface area contributed by atoms with E-state index in [0.717, 1.165) is 36.9 Å². The summed E-state index contributed by atoms with van der Waals surface area (Å²) < 4.78 is 8.17. The number of nitrogens with zero attached hydrogens (tertiary/aromatic N) is 2. The molecule has 0 amide bonds. The van der Waals surface area contributed by atoms with Gasteiger partial charge in [-0.3, -0.25) is 4.79 Å². The molecule has 2 unspecified atom stereocenters. The minimum absolute atomic E-state index is 0.000158. The lowest BCUT2D eigenvalue weighted by Crippen LogP contribution is -2.76. The van der Waals surface area contributed by atoms with E-state index in [4.69, 9.17) is 9.72 Å². The lowest BCUT2D eigenvalue weighted by Gasteiger charge is -2.61. The first kappa shape index (κ1) is 23.7. The van der Waals surface area contributed by atoms with Crippen LogP contribution in [0.4, 0.5) is 0 Å². The molecule has 1 aromatic heterocycles. The van der Waals surface area contributed by atoms with E-state index in [1.165, 1.54) is 16.8 Å². The molecular formula is C31H37N2O2+. The van der Waals surface area contributed by atoms with Gasteiger partial charge in [-0.05, 0) is 30.4 Å². The second kappa shape index (κ2) is 8.58. The molecule has 1 aliphatic carbocycles. The van der Waals surface area contributed by atoms with Crippen LogP contribution in [0.1, 0.15) is 77.1 Å². The first-order valence-electron chi connectivity index (χ1n) is 12.9. The highest BCUT2D eigenvalue weighted by Crippen LogP contribution is 2.62.